The summed E-state index contributed by atoms with van der Waals surface area (Å²) in [6.07, 6.45) is 1.64. The highest BCUT2D eigenvalue weighted by Gasteiger charge is 2.35. The van der Waals surface area contributed by atoms with Crippen molar-refractivity contribution >= 4 is 34.7 Å². The number of benzene rings is 2. The van der Waals surface area contributed by atoms with E-state index in [1.807, 2.05) is 25.1 Å². The van der Waals surface area contributed by atoms with Crippen molar-refractivity contribution in [2.75, 3.05) is 6.61 Å². The average molecular weight is 384 g/mol. The number of hydrogen-bond acceptors (Lipinski definition) is 6. The number of nitrogens with zero attached hydrogens (tertiary/aromatic N) is 2. The fourth-order valence-corrected chi connectivity index (χ4v) is 3.40. The highest BCUT2D eigenvalue weighted by molar-refractivity contribution is 8.18. The molecule has 0 aromatic heterocycles. The molecule has 1 fully saturated rings. The summed E-state index contributed by atoms with van der Waals surface area (Å²) in [5.74, 6) is 0.247. The third kappa shape index (κ3) is 4.17. The van der Waals surface area contributed by atoms with Gasteiger partial charge in [0.1, 0.15) is 5.75 Å². The van der Waals surface area contributed by atoms with Crippen LogP contribution in [0.2, 0.25) is 0 Å². The molecule has 3 rings (SSSR count). The molecule has 138 valence electrons. The Morgan fingerprint density at radius 3 is 2.52 bits per heavy atom. The van der Waals surface area contributed by atoms with Gasteiger partial charge in [-0.2, -0.15) is 0 Å². The van der Waals surface area contributed by atoms with Gasteiger partial charge in [-0.25, -0.2) is 0 Å². The van der Waals surface area contributed by atoms with Gasteiger partial charge in [0.25, 0.3) is 16.8 Å². The van der Waals surface area contributed by atoms with E-state index in [0.717, 1.165) is 22.2 Å². The number of imide groups is 1. The Morgan fingerprint density at radius 1 is 1.15 bits per heavy atom. The van der Waals surface area contributed by atoms with E-state index in [-0.39, 0.29) is 17.5 Å². The van der Waals surface area contributed by atoms with Crippen LogP contribution in [-0.2, 0) is 11.3 Å². The van der Waals surface area contributed by atoms with Crippen LogP contribution < -0.4 is 4.74 Å². The monoisotopic (exact) mass is 384 g/mol. The summed E-state index contributed by atoms with van der Waals surface area (Å²) < 4.78 is 5.54. The first-order valence-electron chi connectivity index (χ1n) is 8.20. The number of ether oxygens (including phenoxy) is 1. The van der Waals surface area contributed by atoms with Gasteiger partial charge in [0, 0.05) is 17.7 Å². The van der Waals surface area contributed by atoms with Crippen LogP contribution >= 0.6 is 11.8 Å². The lowest BCUT2D eigenvalue weighted by Crippen LogP contribution is -2.27. The number of para-hydroxylation sites is 1. The number of nitro benzene ring substituents is 1. The molecule has 2 amide bonds. The molecule has 0 bridgehead atoms. The SMILES string of the molecule is CCOc1ccccc1/C=C1\SC(=O)N(Cc2ccc([N+](=O)[O-])cc2)C1=O. The minimum atomic E-state index is -0.498. The van der Waals surface area contributed by atoms with Crippen molar-refractivity contribution in [1.29, 1.82) is 0 Å². The van der Waals surface area contributed by atoms with Crippen LogP contribution in [0.3, 0.4) is 0 Å². The van der Waals surface area contributed by atoms with Crippen LogP contribution in [0, 0.1) is 10.1 Å². The van der Waals surface area contributed by atoms with Gasteiger partial charge >= 0.3 is 0 Å². The van der Waals surface area contributed by atoms with Crippen molar-refractivity contribution in [2.24, 2.45) is 0 Å². The van der Waals surface area contributed by atoms with E-state index >= 15 is 0 Å². The number of carbonyl (C=O) groups is 2. The van der Waals surface area contributed by atoms with E-state index in [4.69, 9.17) is 4.74 Å². The van der Waals surface area contributed by atoms with Gasteiger partial charge in [-0.3, -0.25) is 24.6 Å². The van der Waals surface area contributed by atoms with Gasteiger partial charge in [-0.05, 0) is 36.4 Å². The van der Waals surface area contributed by atoms with Gasteiger partial charge in [-0.1, -0.05) is 30.3 Å². The zero-order valence-corrected chi connectivity index (χ0v) is 15.3. The highest BCUT2D eigenvalue weighted by Crippen LogP contribution is 2.35. The Balaban J connectivity index is 1.80. The van der Waals surface area contributed by atoms with Crippen LogP contribution in [0.5, 0.6) is 5.75 Å². The molecule has 0 radical (unpaired) electrons. The third-order valence-corrected chi connectivity index (χ3v) is 4.77. The fourth-order valence-electron chi connectivity index (χ4n) is 2.57. The maximum absolute atomic E-state index is 12.6. The molecule has 0 aliphatic carbocycles. The highest BCUT2D eigenvalue weighted by atomic mass is 32.2. The summed E-state index contributed by atoms with van der Waals surface area (Å²) in [5.41, 5.74) is 1.32. The van der Waals surface area contributed by atoms with Crippen molar-refractivity contribution in [1.82, 2.24) is 4.90 Å². The fraction of sp³-hybridized carbons (Fsp3) is 0.158. The summed E-state index contributed by atoms with van der Waals surface area (Å²) in [6.45, 7) is 2.43. The first kappa shape index (κ1) is 18.7. The smallest absolute Gasteiger partial charge is 0.293 e. The number of amides is 2. The molecule has 2 aromatic rings. The van der Waals surface area contributed by atoms with Crippen LogP contribution in [0.25, 0.3) is 6.08 Å². The third-order valence-electron chi connectivity index (χ3n) is 3.87. The molecule has 0 spiro atoms. The van der Waals surface area contributed by atoms with E-state index in [2.05, 4.69) is 0 Å². The predicted octanol–water partition coefficient (Wildman–Crippen LogP) is 4.23. The molecule has 0 unspecified atom stereocenters. The van der Waals surface area contributed by atoms with Crippen molar-refractivity contribution in [3.8, 4) is 5.75 Å². The second-order valence-electron chi connectivity index (χ2n) is 5.66. The molecular weight excluding hydrogens is 368 g/mol. The molecular formula is C19H16N2O5S. The molecule has 8 heteroatoms. The normalized spacial score (nSPS) is 15.4. The van der Waals surface area contributed by atoms with Gasteiger partial charge in [0.2, 0.25) is 0 Å². The predicted molar refractivity (Wildman–Crippen MR) is 102 cm³/mol. The average Bonchev–Trinajstić information content (AvgIpc) is 2.91. The zero-order chi connectivity index (χ0) is 19.4. The van der Waals surface area contributed by atoms with E-state index < -0.39 is 10.8 Å². The maximum atomic E-state index is 12.6. The van der Waals surface area contributed by atoms with Gasteiger partial charge < -0.3 is 4.74 Å². The summed E-state index contributed by atoms with van der Waals surface area (Å²) in [6, 6.07) is 13.1. The standard InChI is InChI=1S/C19H16N2O5S/c1-2-26-16-6-4-3-5-14(16)11-17-18(22)20(19(23)27-17)12-13-7-9-15(10-8-13)21(24)25/h3-11H,2,12H2,1H3/b17-11-. The van der Waals surface area contributed by atoms with Crippen LogP contribution in [0.15, 0.2) is 53.4 Å². The number of nitro groups is 1. The lowest BCUT2D eigenvalue weighted by Gasteiger charge is -2.12. The summed E-state index contributed by atoms with van der Waals surface area (Å²) in [7, 11) is 0. The number of non-ortho nitro benzene ring substituents is 1. The van der Waals surface area contributed by atoms with E-state index in [9.17, 15) is 19.7 Å². The zero-order valence-electron chi connectivity index (χ0n) is 14.5. The molecule has 0 N–H and O–H groups in total. The topological polar surface area (TPSA) is 89.8 Å². The van der Waals surface area contributed by atoms with Gasteiger partial charge in [0.15, 0.2) is 0 Å². The van der Waals surface area contributed by atoms with Crippen LogP contribution in [0.1, 0.15) is 18.1 Å². The molecule has 1 saturated heterocycles. The minimum absolute atomic E-state index is 0.0414. The maximum Gasteiger partial charge on any atom is 0.293 e. The Morgan fingerprint density at radius 2 is 1.85 bits per heavy atom. The number of thioether (sulfide) groups is 1. The minimum Gasteiger partial charge on any atom is -0.493 e. The van der Waals surface area contributed by atoms with Gasteiger partial charge in [-0.15, -0.1) is 0 Å². The van der Waals surface area contributed by atoms with Crippen molar-refractivity contribution < 1.29 is 19.2 Å². The number of rotatable bonds is 6. The summed E-state index contributed by atoms with van der Waals surface area (Å²) in [4.78, 5) is 36.6. The van der Waals surface area contributed by atoms with Crippen molar-refractivity contribution in [3.05, 3.63) is 74.7 Å². The molecule has 0 saturated carbocycles. The van der Waals surface area contributed by atoms with Crippen LogP contribution in [0.4, 0.5) is 10.5 Å². The first-order valence-corrected chi connectivity index (χ1v) is 9.01. The van der Waals surface area contributed by atoms with Gasteiger partial charge in [0.05, 0.1) is 23.0 Å². The number of carbonyl (C=O) groups excluding carboxylic acids is 2. The quantitative estimate of drug-likeness (QED) is 0.421. The molecule has 2 aromatic carbocycles. The second-order valence-corrected chi connectivity index (χ2v) is 6.66. The summed E-state index contributed by atoms with van der Waals surface area (Å²) >= 11 is 0.865. The number of hydrogen-bond donors (Lipinski definition) is 0. The van der Waals surface area contributed by atoms with E-state index in [0.29, 0.717) is 22.8 Å². The second kappa shape index (κ2) is 8.05. The Bertz CT molecular complexity index is 924. The van der Waals surface area contributed by atoms with E-state index in [1.165, 1.54) is 24.3 Å². The Kier molecular flexibility index (Phi) is 5.56. The molecule has 27 heavy (non-hydrogen) atoms. The summed E-state index contributed by atoms with van der Waals surface area (Å²) in [5, 5.41) is 10.3. The lowest BCUT2D eigenvalue weighted by molar-refractivity contribution is -0.384. The van der Waals surface area contributed by atoms with Crippen molar-refractivity contribution in [3.63, 3.8) is 0 Å². The first-order chi connectivity index (χ1) is 13.0. The van der Waals surface area contributed by atoms with E-state index in [1.54, 1.807) is 12.1 Å². The Hall–Kier alpha value is -3.13. The lowest BCUT2D eigenvalue weighted by atomic mass is 10.1. The van der Waals surface area contributed by atoms with Crippen LogP contribution in [-0.4, -0.2) is 27.6 Å². The molecule has 1 heterocycles. The largest absolute Gasteiger partial charge is 0.493 e. The molecule has 1 aliphatic heterocycles. The molecule has 7 nitrogen and oxygen atoms in total. The molecule has 0 atom stereocenters. The Labute approximate surface area is 159 Å². The van der Waals surface area contributed by atoms with Crippen molar-refractivity contribution in [2.45, 2.75) is 13.5 Å². The molecule has 1 aliphatic rings.